The van der Waals surface area contributed by atoms with Crippen molar-refractivity contribution < 1.29 is 0 Å². The molecule has 0 saturated heterocycles. The first-order valence-electron chi connectivity index (χ1n) is 6.58. The molecule has 0 spiro atoms. The highest BCUT2D eigenvalue weighted by molar-refractivity contribution is 9.10. The highest BCUT2D eigenvalue weighted by atomic mass is 79.9. The van der Waals surface area contributed by atoms with Crippen molar-refractivity contribution in [1.29, 1.82) is 0 Å². The highest BCUT2D eigenvalue weighted by Gasteiger charge is 2.12. The second-order valence-electron chi connectivity index (χ2n) is 4.82. The van der Waals surface area contributed by atoms with Gasteiger partial charge in [-0.2, -0.15) is 0 Å². The van der Waals surface area contributed by atoms with Crippen molar-refractivity contribution in [2.24, 2.45) is 5.73 Å². The normalized spacial score (nSPS) is 12.5. The average molecular weight is 327 g/mol. The number of nitrogens with zero attached hydrogens (tertiary/aromatic N) is 1. The number of para-hydroxylation sites is 1. The Bertz CT molecular complexity index is 734. The lowest BCUT2D eigenvalue weighted by Gasteiger charge is -2.15. The van der Waals surface area contributed by atoms with Crippen molar-refractivity contribution in [3.05, 3.63) is 76.4 Å². The summed E-state index contributed by atoms with van der Waals surface area (Å²) in [6.45, 7) is 0. The monoisotopic (exact) mass is 326 g/mol. The predicted octanol–water partition coefficient (Wildman–Crippen LogP) is 4.24. The zero-order valence-electron chi connectivity index (χ0n) is 11.0. The Labute approximate surface area is 126 Å². The summed E-state index contributed by atoms with van der Waals surface area (Å²) < 4.78 is 1.06. The van der Waals surface area contributed by atoms with Gasteiger partial charge in [0.05, 0.1) is 5.52 Å². The second-order valence-corrected chi connectivity index (χ2v) is 5.67. The molecule has 0 radical (unpaired) electrons. The van der Waals surface area contributed by atoms with Crippen LogP contribution in [0.15, 0.2) is 65.3 Å². The van der Waals surface area contributed by atoms with Gasteiger partial charge in [-0.05, 0) is 35.7 Å². The van der Waals surface area contributed by atoms with E-state index in [1.807, 2.05) is 42.6 Å². The topological polar surface area (TPSA) is 38.9 Å². The van der Waals surface area contributed by atoms with E-state index in [1.165, 1.54) is 10.9 Å². The lowest BCUT2D eigenvalue weighted by atomic mass is 9.97. The fraction of sp³-hybridized carbons (Fsp3) is 0.118. The number of nitrogens with two attached hydrogens (primary N) is 1. The van der Waals surface area contributed by atoms with E-state index in [2.05, 4.69) is 39.1 Å². The molecule has 0 fully saturated rings. The molecule has 1 atom stereocenters. The molecule has 100 valence electrons. The van der Waals surface area contributed by atoms with E-state index in [9.17, 15) is 0 Å². The van der Waals surface area contributed by atoms with Crippen LogP contribution in [-0.4, -0.2) is 4.98 Å². The summed E-state index contributed by atoms with van der Waals surface area (Å²) in [4.78, 5) is 4.39. The Hall–Kier alpha value is -1.71. The molecule has 0 aliphatic heterocycles. The molecule has 1 aromatic heterocycles. The van der Waals surface area contributed by atoms with Crippen molar-refractivity contribution in [3.8, 4) is 0 Å². The Morgan fingerprint density at radius 2 is 1.75 bits per heavy atom. The van der Waals surface area contributed by atoms with E-state index in [-0.39, 0.29) is 6.04 Å². The molecule has 1 unspecified atom stereocenters. The number of aromatic nitrogens is 1. The zero-order chi connectivity index (χ0) is 13.9. The predicted molar refractivity (Wildman–Crippen MR) is 86.5 cm³/mol. The van der Waals surface area contributed by atoms with Crippen LogP contribution in [0.3, 0.4) is 0 Å². The van der Waals surface area contributed by atoms with Gasteiger partial charge in [0.15, 0.2) is 0 Å². The largest absolute Gasteiger partial charge is 0.324 e. The molecule has 3 heteroatoms. The molecule has 2 aromatic carbocycles. The van der Waals surface area contributed by atoms with Gasteiger partial charge in [-0.1, -0.05) is 52.3 Å². The van der Waals surface area contributed by atoms with E-state index in [4.69, 9.17) is 5.73 Å². The van der Waals surface area contributed by atoms with Crippen LogP contribution in [0.5, 0.6) is 0 Å². The number of pyridine rings is 1. The minimum atomic E-state index is -0.0311. The molecule has 2 nitrogen and oxygen atoms in total. The fourth-order valence-corrected chi connectivity index (χ4v) is 3.03. The summed E-state index contributed by atoms with van der Waals surface area (Å²) in [6.07, 6.45) is 2.65. The third-order valence-electron chi connectivity index (χ3n) is 3.48. The van der Waals surface area contributed by atoms with Gasteiger partial charge in [-0.25, -0.2) is 0 Å². The lowest BCUT2D eigenvalue weighted by Crippen LogP contribution is -2.14. The van der Waals surface area contributed by atoms with Crippen LogP contribution < -0.4 is 5.73 Å². The molecule has 3 rings (SSSR count). The number of benzene rings is 2. The van der Waals surface area contributed by atoms with Gasteiger partial charge in [-0.15, -0.1) is 0 Å². The highest BCUT2D eigenvalue weighted by Crippen LogP contribution is 2.26. The summed E-state index contributed by atoms with van der Waals surface area (Å²) in [5.74, 6) is 0. The van der Waals surface area contributed by atoms with Crippen LogP contribution in [0, 0.1) is 0 Å². The smallest absolute Gasteiger partial charge is 0.0704 e. The molecule has 0 aliphatic rings. The average Bonchev–Trinajstić information content (AvgIpc) is 2.48. The molecule has 0 amide bonds. The van der Waals surface area contributed by atoms with Crippen molar-refractivity contribution >= 4 is 26.8 Å². The summed E-state index contributed by atoms with van der Waals surface area (Å²) in [7, 11) is 0. The third-order valence-corrected chi connectivity index (χ3v) is 4.21. The van der Waals surface area contributed by atoms with E-state index in [1.54, 1.807) is 0 Å². The Kier molecular flexibility index (Phi) is 3.81. The first kappa shape index (κ1) is 13.3. The van der Waals surface area contributed by atoms with Gasteiger partial charge in [0.1, 0.15) is 0 Å². The first-order chi connectivity index (χ1) is 9.75. The van der Waals surface area contributed by atoms with Gasteiger partial charge < -0.3 is 5.73 Å². The number of hydrogen-bond donors (Lipinski definition) is 1. The molecular formula is C17H15BrN2. The Morgan fingerprint density at radius 3 is 2.60 bits per heavy atom. The van der Waals surface area contributed by atoms with Crippen molar-refractivity contribution in [1.82, 2.24) is 4.98 Å². The number of hydrogen-bond acceptors (Lipinski definition) is 2. The maximum absolute atomic E-state index is 6.37. The molecule has 0 bridgehead atoms. The minimum absolute atomic E-state index is 0.0311. The van der Waals surface area contributed by atoms with Crippen LogP contribution in [0.2, 0.25) is 0 Å². The van der Waals surface area contributed by atoms with Crippen LogP contribution >= 0.6 is 15.9 Å². The van der Waals surface area contributed by atoms with E-state index in [0.29, 0.717) is 0 Å². The summed E-state index contributed by atoms with van der Waals surface area (Å²) in [6, 6.07) is 18.3. The van der Waals surface area contributed by atoms with Crippen molar-refractivity contribution in [2.45, 2.75) is 12.5 Å². The molecule has 0 aliphatic carbocycles. The number of rotatable bonds is 3. The zero-order valence-corrected chi connectivity index (χ0v) is 12.5. The molecule has 0 saturated carbocycles. The van der Waals surface area contributed by atoms with Crippen LogP contribution in [-0.2, 0) is 6.42 Å². The SMILES string of the molecule is NC(Cc1ccnc2ccccc12)c1ccccc1Br. The number of fused-ring (bicyclic) bond motifs is 1. The second kappa shape index (κ2) is 5.73. The molecular weight excluding hydrogens is 312 g/mol. The van der Waals surface area contributed by atoms with E-state index >= 15 is 0 Å². The van der Waals surface area contributed by atoms with Gasteiger partial charge >= 0.3 is 0 Å². The van der Waals surface area contributed by atoms with Crippen molar-refractivity contribution in [3.63, 3.8) is 0 Å². The summed E-state index contributed by atoms with van der Waals surface area (Å²) in [5, 5.41) is 1.18. The molecule has 20 heavy (non-hydrogen) atoms. The fourth-order valence-electron chi connectivity index (χ4n) is 2.46. The van der Waals surface area contributed by atoms with Crippen molar-refractivity contribution in [2.75, 3.05) is 0 Å². The maximum atomic E-state index is 6.37. The van der Waals surface area contributed by atoms with E-state index < -0.39 is 0 Å². The molecule has 3 aromatic rings. The lowest BCUT2D eigenvalue weighted by molar-refractivity contribution is 0.721. The standard InChI is InChI=1S/C17H15BrN2/c18-15-7-3-1-6-14(15)16(19)11-12-9-10-20-17-8-4-2-5-13(12)17/h1-10,16H,11,19H2. The van der Waals surface area contributed by atoms with Gasteiger partial charge in [-0.3, -0.25) is 4.98 Å². The third kappa shape index (κ3) is 2.60. The van der Waals surface area contributed by atoms with E-state index in [0.717, 1.165) is 22.0 Å². The van der Waals surface area contributed by atoms with Gasteiger partial charge in [0.2, 0.25) is 0 Å². The van der Waals surface area contributed by atoms with Gasteiger partial charge in [0, 0.05) is 22.1 Å². The molecule has 1 heterocycles. The number of halogens is 1. The molecule has 2 N–H and O–H groups in total. The maximum Gasteiger partial charge on any atom is 0.0704 e. The Morgan fingerprint density at radius 1 is 1.00 bits per heavy atom. The Balaban J connectivity index is 1.96. The van der Waals surface area contributed by atoms with Gasteiger partial charge in [0.25, 0.3) is 0 Å². The quantitative estimate of drug-likeness (QED) is 0.781. The van der Waals surface area contributed by atoms with Crippen LogP contribution in [0.25, 0.3) is 10.9 Å². The van der Waals surface area contributed by atoms with Crippen LogP contribution in [0.1, 0.15) is 17.2 Å². The first-order valence-corrected chi connectivity index (χ1v) is 7.37. The summed E-state index contributed by atoms with van der Waals surface area (Å²) >= 11 is 3.57. The summed E-state index contributed by atoms with van der Waals surface area (Å²) in [5.41, 5.74) is 9.75. The van der Waals surface area contributed by atoms with Crippen LogP contribution in [0.4, 0.5) is 0 Å². The minimum Gasteiger partial charge on any atom is -0.324 e.